The first kappa shape index (κ1) is 24.8. The Morgan fingerprint density at radius 2 is 1.60 bits per heavy atom. The van der Waals surface area contributed by atoms with Crippen LogP contribution in [0.1, 0.15) is 57.1 Å². The molecule has 0 spiro atoms. The molecule has 4 rings (SSSR count). The summed E-state index contributed by atoms with van der Waals surface area (Å²) >= 11 is 0. The van der Waals surface area contributed by atoms with E-state index in [2.05, 4.69) is 29.6 Å². The van der Waals surface area contributed by atoms with Crippen molar-refractivity contribution < 1.29 is 24.2 Å². The number of alkyl carbamates (subject to hydrolysis) is 1. The van der Waals surface area contributed by atoms with Crippen molar-refractivity contribution in [2.45, 2.75) is 52.0 Å². The molecule has 0 bridgehead atoms. The number of fused-ring (bicyclic) bond motifs is 3. The number of nitrogens with zero attached hydrogens (tertiary/aromatic N) is 1. The summed E-state index contributed by atoms with van der Waals surface area (Å²) in [6.07, 6.45) is 1.06. The van der Waals surface area contributed by atoms with Gasteiger partial charge in [-0.2, -0.15) is 0 Å². The number of ether oxygens (including phenoxy) is 1. The number of rotatable bonds is 8. The topological polar surface area (TPSA) is 95.9 Å². The summed E-state index contributed by atoms with van der Waals surface area (Å²) in [6, 6.07) is 15.5. The van der Waals surface area contributed by atoms with E-state index >= 15 is 0 Å². The van der Waals surface area contributed by atoms with E-state index in [0.717, 1.165) is 22.3 Å². The molecule has 2 N–H and O–H groups in total. The third kappa shape index (κ3) is 4.51. The minimum absolute atomic E-state index is 0.0423. The molecule has 2 unspecified atom stereocenters. The molecule has 1 fully saturated rings. The Bertz CT molecular complexity index is 1060. The molecule has 2 aromatic carbocycles. The third-order valence-electron chi connectivity index (χ3n) is 7.94. The Morgan fingerprint density at radius 1 is 1.03 bits per heavy atom. The quantitative estimate of drug-likeness (QED) is 0.576. The van der Waals surface area contributed by atoms with Crippen molar-refractivity contribution in [1.29, 1.82) is 0 Å². The first-order chi connectivity index (χ1) is 16.8. The Hall–Kier alpha value is -3.35. The van der Waals surface area contributed by atoms with Crippen molar-refractivity contribution in [2.75, 3.05) is 19.7 Å². The maximum Gasteiger partial charge on any atom is 0.407 e. The number of carboxylic acids is 1. The van der Waals surface area contributed by atoms with Gasteiger partial charge in [-0.3, -0.25) is 4.79 Å². The highest BCUT2D eigenvalue weighted by atomic mass is 16.5. The van der Waals surface area contributed by atoms with E-state index in [1.54, 1.807) is 0 Å². The Morgan fingerprint density at radius 3 is 2.14 bits per heavy atom. The van der Waals surface area contributed by atoms with Gasteiger partial charge in [0.15, 0.2) is 0 Å². The van der Waals surface area contributed by atoms with E-state index in [4.69, 9.17) is 4.74 Å². The predicted molar refractivity (Wildman–Crippen MR) is 133 cm³/mol. The number of likely N-dealkylation sites (tertiary alicyclic amines) is 1. The van der Waals surface area contributed by atoms with Crippen molar-refractivity contribution >= 4 is 18.0 Å². The maximum atomic E-state index is 13.5. The fourth-order valence-corrected chi connectivity index (χ4v) is 5.62. The number of nitrogens with one attached hydrogen (secondary N) is 1. The van der Waals surface area contributed by atoms with Crippen LogP contribution in [-0.4, -0.2) is 53.7 Å². The first-order valence-electron chi connectivity index (χ1n) is 12.5. The molecule has 1 aliphatic carbocycles. The highest BCUT2D eigenvalue weighted by Gasteiger charge is 2.46. The SMILES string of the molecule is CCC(CC)(CNC(=O)OCC1c2ccccc2-c2ccccc21)C(=O)N1CCC(C)C1C(=O)O. The second-order valence-electron chi connectivity index (χ2n) is 9.71. The largest absolute Gasteiger partial charge is 0.480 e. The van der Waals surface area contributed by atoms with Crippen LogP contribution in [-0.2, 0) is 14.3 Å². The molecular formula is C28H34N2O5. The lowest BCUT2D eigenvalue weighted by Crippen LogP contribution is -2.53. The third-order valence-corrected chi connectivity index (χ3v) is 7.94. The van der Waals surface area contributed by atoms with E-state index in [1.807, 2.05) is 45.0 Å². The smallest absolute Gasteiger partial charge is 0.407 e. The molecule has 0 saturated carbocycles. The summed E-state index contributed by atoms with van der Waals surface area (Å²) in [5.41, 5.74) is 3.72. The second kappa shape index (κ2) is 10.1. The molecule has 35 heavy (non-hydrogen) atoms. The normalized spacial score (nSPS) is 19.2. The van der Waals surface area contributed by atoms with Gasteiger partial charge in [-0.05, 0) is 47.4 Å². The molecule has 186 valence electrons. The van der Waals surface area contributed by atoms with E-state index in [1.165, 1.54) is 4.90 Å². The van der Waals surface area contributed by atoms with Crippen LogP contribution < -0.4 is 5.32 Å². The van der Waals surface area contributed by atoms with Gasteiger partial charge >= 0.3 is 12.1 Å². The van der Waals surface area contributed by atoms with Crippen LogP contribution in [0.2, 0.25) is 0 Å². The Labute approximate surface area is 206 Å². The van der Waals surface area contributed by atoms with Crippen molar-refractivity contribution in [3.8, 4) is 11.1 Å². The van der Waals surface area contributed by atoms with Crippen LogP contribution in [0.3, 0.4) is 0 Å². The summed E-state index contributed by atoms with van der Waals surface area (Å²) in [5, 5.41) is 12.5. The number of hydrogen-bond acceptors (Lipinski definition) is 4. The summed E-state index contributed by atoms with van der Waals surface area (Å²) in [5.74, 6) is -1.33. The number of aliphatic carboxylic acids is 1. The molecule has 1 aliphatic heterocycles. The van der Waals surface area contributed by atoms with Gasteiger partial charge in [-0.25, -0.2) is 9.59 Å². The van der Waals surface area contributed by atoms with Gasteiger partial charge < -0.3 is 20.1 Å². The molecule has 7 nitrogen and oxygen atoms in total. The lowest BCUT2D eigenvalue weighted by atomic mass is 9.80. The predicted octanol–water partition coefficient (Wildman–Crippen LogP) is 4.65. The molecule has 7 heteroatoms. The minimum atomic E-state index is -0.978. The molecule has 0 radical (unpaired) electrons. The fourth-order valence-electron chi connectivity index (χ4n) is 5.62. The van der Waals surface area contributed by atoms with Crippen molar-refractivity contribution in [1.82, 2.24) is 10.2 Å². The molecule has 1 heterocycles. The number of carboxylic acid groups (broad SMARTS) is 1. The van der Waals surface area contributed by atoms with Crippen LogP contribution in [0.15, 0.2) is 48.5 Å². The van der Waals surface area contributed by atoms with E-state index in [9.17, 15) is 19.5 Å². The van der Waals surface area contributed by atoms with Gasteiger partial charge in [0.1, 0.15) is 12.6 Å². The standard InChI is InChI=1S/C28H34N2O5/c1-4-28(5-2,26(33)30-15-14-18(3)24(30)25(31)32)17-29-27(34)35-16-23-21-12-8-6-10-19(21)20-11-7-9-13-22(20)23/h6-13,18,23-24H,4-5,14-17H2,1-3H3,(H,29,34)(H,31,32). The lowest BCUT2D eigenvalue weighted by Gasteiger charge is -2.36. The molecule has 2 aliphatic rings. The Balaban J connectivity index is 1.42. The minimum Gasteiger partial charge on any atom is -0.480 e. The van der Waals surface area contributed by atoms with Crippen LogP contribution in [0.25, 0.3) is 11.1 Å². The van der Waals surface area contributed by atoms with Gasteiger partial charge in [-0.1, -0.05) is 69.3 Å². The van der Waals surface area contributed by atoms with Gasteiger partial charge in [0.05, 0.1) is 5.41 Å². The Kier molecular flexibility index (Phi) is 7.15. The average molecular weight is 479 g/mol. The molecular weight excluding hydrogens is 444 g/mol. The van der Waals surface area contributed by atoms with Gasteiger partial charge in [0.25, 0.3) is 0 Å². The zero-order valence-electron chi connectivity index (χ0n) is 20.6. The number of amides is 2. The number of benzene rings is 2. The van der Waals surface area contributed by atoms with Crippen molar-refractivity contribution in [3.05, 3.63) is 59.7 Å². The molecule has 1 saturated heterocycles. The molecule has 2 atom stereocenters. The first-order valence-corrected chi connectivity index (χ1v) is 12.5. The van der Waals surface area contributed by atoms with Gasteiger partial charge in [-0.15, -0.1) is 0 Å². The zero-order valence-corrected chi connectivity index (χ0v) is 20.6. The van der Waals surface area contributed by atoms with Crippen LogP contribution in [0, 0.1) is 11.3 Å². The fraction of sp³-hybridized carbons (Fsp3) is 0.464. The summed E-state index contributed by atoms with van der Waals surface area (Å²) in [7, 11) is 0. The molecule has 2 amide bonds. The second-order valence-corrected chi connectivity index (χ2v) is 9.71. The average Bonchev–Trinajstić information content (AvgIpc) is 3.41. The summed E-state index contributed by atoms with van der Waals surface area (Å²) in [6.45, 7) is 6.38. The van der Waals surface area contributed by atoms with Crippen LogP contribution >= 0.6 is 0 Å². The van der Waals surface area contributed by atoms with Gasteiger partial charge in [0.2, 0.25) is 5.91 Å². The number of hydrogen-bond donors (Lipinski definition) is 2. The zero-order chi connectivity index (χ0) is 25.2. The molecule has 2 aromatic rings. The van der Waals surface area contributed by atoms with E-state index < -0.39 is 23.5 Å². The highest BCUT2D eigenvalue weighted by molar-refractivity contribution is 5.89. The van der Waals surface area contributed by atoms with Crippen molar-refractivity contribution in [3.63, 3.8) is 0 Å². The molecule has 0 aromatic heterocycles. The van der Waals surface area contributed by atoms with Crippen LogP contribution in [0.4, 0.5) is 4.79 Å². The summed E-state index contributed by atoms with van der Waals surface area (Å²) < 4.78 is 5.64. The van der Waals surface area contributed by atoms with Crippen LogP contribution in [0.5, 0.6) is 0 Å². The van der Waals surface area contributed by atoms with E-state index in [0.29, 0.717) is 25.8 Å². The monoisotopic (exact) mass is 478 g/mol. The van der Waals surface area contributed by atoms with E-state index in [-0.39, 0.29) is 30.9 Å². The summed E-state index contributed by atoms with van der Waals surface area (Å²) in [4.78, 5) is 39.5. The highest BCUT2D eigenvalue weighted by Crippen LogP contribution is 2.44. The lowest BCUT2D eigenvalue weighted by molar-refractivity contribution is -0.154. The van der Waals surface area contributed by atoms with Gasteiger partial charge in [0, 0.05) is 19.0 Å². The van der Waals surface area contributed by atoms with Crippen molar-refractivity contribution in [2.24, 2.45) is 11.3 Å². The number of carbonyl (C=O) groups is 3. The number of carbonyl (C=O) groups excluding carboxylic acids is 2. The maximum absolute atomic E-state index is 13.5.